The lowest BCUT2D eigenvalue weighted by Gasteiger charge is -2.07. The predicted octanol–water partition coefficient (Wildman–Crippen LogP) is 3.42. The summed E-state index contributed by atoms with van der Waals surface area (Å²) in [4.78, 5) is 10.1. The Labute approximate surface area is 120 Å². The Balaban J connectivity index is 2.81. The number of halogens is 4. The van der Waals surface area contributed by atoms with Crippen molar-refractivity contribution in [2.24, 2.45) is 0 Å². The number of thiol groups is 1. The second kappa shape index (κ2) is 5.02. The number of alkyl halides is 3. The van der Waals surface area contributed by atoms with Gasteiger partial charge in [-0.3, -0.25) is 10.1 Å². The molecule has 0 saturated heterocycles. The molecule has 108 valence electrons. The van der Waals surface area contributed by atoms with Crippen LogP contribution in [0.3, 0.4) is 0 Å². The zero-order valence-electron chi connectivity index (χ0n) is 9.48. The van der Waals surface area contributed by atoms with Gasteiger partial charge in [0.05, 0.1) is 15.3 Å². The zero-order chi connectivity index (χ0) is 15.1. The topological polar surface area (TPSA) is 73.0 Å². The molecule has 2 aromatic rings. The smallest absolute Gasteiger partial charge is 0.315 e. The first-order chi connectivity index (χ1) is 9.24. The van der Waals surface area contributed by atoms with Gasteiger partial charge in [0.15, 0.2) is 5.82 Å². The van der Waals surface area contributed by atoms with Gasteiger partial charge in [-0.25, -0.2) is 4.68 Å². The van der Waals surface area contributed by atoms with Crippen LogP contribution >= 0.6 is 24.4 Å². The van der Waals surface area contributed by atoms with Gasteiger partial charge in [0.25, 0.3) is 5.69 Å². The first kappa shape index (κ1) is 14.7. The van der Waals surface area contributed by atoms with Crippen LogP contribution in [-0.2, 0) is 6.54 Å². The molecule has 1 N–H and O–H groups in total. The Kier molecular flexibility index (Phi) is 3.69. The third-order valence-electron chi connectivity index (χ3n) is 2.45. The molecule has 0 amide bonds. The highest BCUT2D eigenvalue weighted by molar-refractivity contribution is 7.81. The van der Waals surface area contributed by atoms with Crippen molar-refractivity contribution >= 4 is 46.8 Å². The fraction of sp³-hybridized carbons (Fsp3) is 0.222. The van der Waals surface area contributed by atoms with E-state index in [0.717, 1.165) is 6.07 Å². The van der Waals surface area contributed by atoms with Crippen LogP contribution in [0.2, 0.25) is 5.02 Å². The van der Waals surface area contributed by atoms with Crippen LogP contribution in [0.1, 0.15) is 0 Å². The maximum absolute atomic E-state index is 12.5. The third kappa shape index (κ3) is 2.61. The van der Waals surface area contributed by atoms with E-state index < -0.39 is 23.3 Å². The quantitative estimate of drug-likeness (QED) is 0.515. The van der Waals surface area contributed by atoms with Crippen molar-refractivity contribution in [2.45, 2.75) is 12.7 Å². The molecular formula is C9H6ClF3N4O2S. The van der Waals surface area contributed by atoms with Gasteiger partial charge < -0.3 is 4.72 Å². The summed E-state index contributed by atoms with van der Waals surface area (Å²) < 4.78 is 40.3. The summed E-state index contributed by atoms with van der Waals surface area (Å²) in [5.74, 6) is -0.0821. The van der Waals surface area contributed by atoms with E-state index >= 15 is 0 Å². The fourth-order valence-corrected chi connectivity index (χ4v) is 2.17. The summed E-state index contributed by atoms with van der Waals surface area (Å²) in [5.41, 5.74) is -0.827. The molecule has 11 heteroatoms. The Morgan fingerprint density at radius 1 is 1.50 bits per heavy atom. The molecule has 0 saturated carbocycles. The van der Waals surface area contributed by atoms with Crippen LogP contribution in [0, 0.1) is 10.1 Å². The number of benzene rings is 1. The van der Waals surface area contributed by atoms with Crippen molar-refractivity contribution in [3.8, 4) is 0 Å². The van der Waals surface area contributed by atoms with Crippen molar-refractivity contribution in [1.82, 2.24) is 9.78 Å². The van der Waals surface area contributed by atoms with E-state index in [-0.39, 0.29) is 21.7 Å². The van der Waals surface area contributed by atoms with E-state index in [1.165, 1.54) is 6.07 Å². The molecule has 0 radical (unpaired) electrons. The molecule has 6 nitrogen and oxygen atoms in total. The molecule has 1 aromatic heterocycles. The van der Waals surface area contributed by atoms with Gasteiger partial charge in [-0.05, 0) is 6.07 Å². The lowest BCUT2D eigenvalue weighted by atomic mass is 10.2. The van der Waals surface area contributed by atoms with E-state index in [1.807, 2.05) is 0 Å². The predicted molar refractivity (Wildman–Crippen MR) is 70.1 cm³/mol. The Morgan fingerprint density at radius 2 is 2.15 bits per heavy atom. The largest absolute Gasteiger partial charge is 0.408 e. The molecule has 0 unspecified atom stereocenters. The first-order valence-electron chi connectivity index (χ1n) is 5.05. The van der Waals surface area contributed by atoms with Crippen LogP contribution in [0.15, 0.2) is 12.1 Å². The average Bonchev–Trinajstić information content (AvgIpc) is 2.67. The lowest BCUT2D eigenvalue weighted by molar-refractivity contribution is -0.383. The molecule has 20 heavy (non-hydrogen) atoms. The number of non-ortho nitro benzene ring substituents is 1. The van der Waals surface area contributed by atoms with Gasteiger partial charge in [-0.15, -0.1) is 0 Å². The first-order valence-corrected chi connectivity index (χ1v) is 5.87. The summed E-state index contributed by atoms with van der Waals surface area (Å²) in [6.07, 6.45) is -4.58. The lowest BCUT2D eigenvalue weighted by Crippen LogP contribution is -2.19. The summed E-state index contributed by atoms with van der Waals surface area (Å²) in [6, 6.07) is 2.25. The van der Waals surface area contributed by atoms with Crippen molar-refractivity contribution in [3.63, 3.8) is 0 Å². The van der Waals surface area contributed by atoms with E-state index in [4.69, 9.17) is 11.6 Å². The highest BCUT2D eigenvalue weighted by Crippen LogP contribution is 2.37. The van der Waals surface area contributed by atoms with Crippen LogP contribution < -0.4 is 4.72 Å². The highest BCUT2D eigenvalue weighted by atomic mass is 35.5. The van der Waals surface area contributed by atoms with Crippen LogP contribution in [0.5, 0.6) is 0 Å². The molecular weight excluding hydrogens is 321 g/mol. The highest BCUT2D eigenvalue weighted by Gasteiger charge is 2.32. The number of nitro benzene ring substituents is 1. The molecule has 0 aliphatic heterocycles. The molecule has 1 heterocycles. The second-order valence-corrected chi connectivity index (χ2v) is 4.41. The number of hydrogen-bond acceptors (Lipinski definition) is 5. The van der Waals surface area contributed by atoms with Gasteiger partial charge in [0, 0.05) is 6.07 Å². The van der Waals surface area contributed by atoms with E-state index in [9.17, 15) is 23.3 Å². The summed E-state index contributed by atoms with van der Waals surface area (Å²) in [5, 5.41) is 14.6. The van der Waals surface area contributed by atoms with E-state index in [2.05, 4.69) is 22.6 Å². The molecule has 0 atom stereocenters. The minimum atomic E-state index is -4.58. The number of rotatable bonds is 3. The Bertz CT molecular complexity index is 688. The van der Waals surface area contributed by atoms with Gasteiger partial charge in [-0.2, -0.15) is 18.3 Å². The Morgan fingerprint density at radius 3 is 2.65 bits per heavy atom. The number of fused-ring (bicyclic) bond motifs is 1. The summed E-state index contributed by atoms with van der Waals surface area (Å²) in [7, 11) is 0. The second-order valence-electron chi connectivity index (χ2n) is 3.78. The number of hydrogen-bond donors (Lipinski definition) is 2. The molecule has 2 rings (SSSR count). The normalized spacial score (nSPS) is 11.8. The van der Waals surface area contributed by atoms with Crippen molar-refractivity contribution in [1.29, 1.82) is 0 Å². The molecule has 1 aromatic carbocycles. The number of anilines is 1. The van der Waals surface area contributed by atoms with E-state index in [1.54, 1.807) is 0 Å². The average molecular weight is 327 g/mol. The van der Waals surface area contributed by atoms with Crippen LogP contribution in [0.4, 0.5) is 24.7 Å². The molecule has 0 spiro atoms. The maximum atomic E-state index is 12.5. The summed E-state index contributed by atoms with van der Waals surface area (Å²) in [6.45, 7) is -1.47. The van der Waals surface area contributed by atoms with Gasteiger partial charge in [-0.1, -0.05) is 24.4 Å². The minimum absolute atomic E-state index is 0.0140. The van der Waals surface area contributed by atoms with Gasteiger partial charge in [0.1, 0.15) is 12.1 Å². The fourth-order valence-electron chi connectivity index (χ4n) is 1.77. The molecule has 0 aliphatic rings. The van der Waals surface area contributed by atoms with E-state index in [0.29, 0.717) is 4.68 Å². The maximum Gasteiger partial charge on any atom is 0.408 e. The number of nitro groups is 1. The SMILES string of the molecule is O=[N+]([O-])c1ccc(Cl)c2c(NS)nn(CC(F)(F)F)c12. The minimum Gasteiger partial charge on any atom is -0.315 e. The third-order valence-corrected chi connectivity index (χ3v) is 2.98. The van der Waals surface area contributed by atoms with Crippen LogP contribution in [0.25, 0.3) is 10.9 Å². The molecule has 0 bridgehead atoms. The summed E-state index contributed by atoms with van der Waals surface area (Å²) >= 11 is 9.58. The van der Waals surface area contributed by atoms with Gasteiger partial charge >= 0.3 is 6.18 Å². The number of aromatic nitrogens is 2. The van der Waals surface area contributed by atoms with Gasteiger partial charge in [0.2, 0.25) is 0 Å². The zero-order valence-corrected chi connectivity index (χ0v) is 11.1. The monoisotopic (exact) mass is 326 g/mol. The van der Waals surface area contributed by atoms with Crippen LogP contribution in [-0.4, -0.2) is 20.9 Å². The molecule has 0 aliphatic carbocycles. The number of nitrogens with zero attached hydrogens (tertiary/aromatic N) is 3. The Hall–Kier alpha value is -1.68. The standard InChI is InChI=1S/C9H6ClF3N4O2S/c10-4-1-2-5(17(18)19)7-6(4)8(15-20)14-16(7)3-9(11,12)13/h1-2,20H,3H2,(H,14,15). The van der Waals surface area contributed by atoms with Crippen molar-refractivity contribution in [2.75, 3.05) is 4.72 Å². The van der Waals surface area contributed by atoms with Crippen molar-refractivity contribution in [3.05, 3.63) is 27.3 Å². The van der Waals surface area contributed by atoms with Crippen molar-refractivity contribution < 1.29 is 18.1 Å². The molecule has 0 fully saturated rings. The number of nitrogens with one attached hydrogen (secondary N) is 1.